The summed E-state index contributed by atoms with van der Waals surface area (Å²) in [4.78, 5) is 10.6. The highest BCUT2D eigenvalue weighted by molar-refractivity contribution is 7.90. The molecule has 0 fully saturated rings. The molecule has 4 nitrogen and oxygen atoms in total. The number of rotatable bonds is 5. The fourth-order valence-corrected chi connectivity index (χ4v) is 3.40. The van der Waals surface area contributed by atoms with Crippen molar-refractivity contribution in [2.24, 2.45) is 5.92 Å². The average molecular weight is 295 g/mol. The zero-order chi connectivity index (χ0) is 13.9. The minimum atomic E-state index is -3.65. The normalized spacial score (nSPS) is 13.3. The number of carboxylic acids is 1. The number of hydrogen-bond donors (Lipinski definition) is 1. The zero-order valence-corrected chi connectivity index (χ0v) is 11.1. The van der Waals surface area contributed by atoms with Gasteiger partial charge in [-0.25, -0.2) is 12.8 Å². The molecule has 0 radical (unpaired) electrons. The summed E-state index contributed by atoms with van der Waals surface area (Å²) in [6.07, 6.45) is 0. The first-order chi connectivity index (χ1) is 8.21. The molecule has 18 heavy (non-hydrogen) atoms. The lowest BCUT2D eigenvalue weighted by atomic mass is 10.2. The minimum absolute atomic E-state index is 0.134. The van der Waals surface area contributed by atoms with Crippen LogP contribution in [-0.4, -0.2) is 25.2 Å². The number of hydrogen-bond acceptors (Lipinski definition) is 3. The summed E-state index contributed by atoms with van der Waals surface area (Å²) in [6, 6.07) is 3.42. The van der Waals surface area contributed by atoms with Gasteiger partial charge < -0.3 is 5.11 Å². The van der Waals surface area contributed by atoms with Crippen molar-refractivity contribution in [3.8, 4) is 0 Å². The Hall–Kier alpha value is -1.14. The maximum absolute atomic E-state index is 13.0. The van der Waals surface area contributed by atoms with Gasteiger partial charge in [-0.05, 0) is 23.8 Å². The van der Waals surface area contributed by atoms with Crippen molar-refractivity contribution in [2.45, 2.75) is 12.7 Å². The molecule has 1 aromatic carbocycles. The topological polar surface area (TPSA) is 71.4 Å². The van der Waals surface area contributed by atoms with Crippen molar-refractivity contribution < 1.29 is 22.7 Å². The summed E-state index contributed by atoms with van der Waals surface area (Å²) in [5.41, 5.74) is 0.134. The van der Waals surface area contributed by atoms with Crippen LogP contribution >= 0.6 is 11.6 Å². The van der Waals surface area contributed by atoms with E-state index in [0.29, 0.717) is 0 Å². The van der Waals surface area contributed by atoms with Gasteiger partial charge in [0.05, 0.1) is 17.4 Å². The van der Waals surface area contributed by atoms with E-state index in [9.17, 15) is 17.6 Å². The van der Waals surface area contributed by atoms with E-state index in [1.165, 1.54) is 13.0 Å². The van der Waals surface area contributed by atoms with Crippen molar-refractivity contribution in [1.82, 2.24) is 0 Å². The maximum atomic E-state index is 13.0. The first-order valence-electron chi connectivity index (χ1n) is 5.08. The maximum Gasteiger partial charge on any atom is 0.307 e. The molecule has 1 aromatic rings. The predicted octanol–water partition coefficient (Wildman–Crippen LogP) is 2.11. The zero-order valence-electron chi connectivity index (χ0n) is 9.56. The number of aliphatic carboxylic acids is 1. The highest BCUT2D eigenvalue weighted by Crippen LogP contribution is 2.20. The molecule has 0 spiro atoms. The van der Waals surface area contributed by atoms with Crippen LogP contribution in [0.4, 0.5) is 4.39 Å². The number of benzene rings is 1. The van der Waals surface area contributed by atoms with E-state index in [1.807, 2.05) is 0 Å². The number of carbonyl (C=O) groups is 1. The number of halogens is 2. The summed E-state index contributed by atoms with van der Waals surface area (Å²) < 4.78 is 36.4. The van der Waals surface area contributed by atoms with Gasteiger partial charge in [0.25, 0.3) is 0 Å². The van der Waals surface area contributed by atoms with E-state index in [4.69, 9.17) is 16.7 Å². The van der Waals surface area contributed by atoms with E-state index in [2.05, 4.69) is 0 Å². The molecule has 0 aliphatic heterocycles. The molecule has 0 aliphatic rings. The average Bonchev–Trinajstić information content (AvgIpc) is 2.22. The first kappa shape index (κ1) is 14.9. The molecule has 0 saturated heterocycles. The quantitative estimate of drug-likeness (QED) is 0.903. The predicted molar refractivity (Wildman–Crippen MR) is 65.7 cm³/mol. The van der Waals surface area contributed by atoms with Crippen LogP contribution in [0.5, 0.6) is 0 Å². The SMILES string of the molecule is CC(CS(=O)(=O)Cc1cc(F)ccc1Cl)C(=O)O. The van der Waals surface area contributed by atoms with Crippen LogP contribution in [0, 0.1) is 11.7 Å². The van der Waals surface area contributed by atoms with Gasteiger partial charge in [0.1, 0.15) is 5.82 Å². The molecule has 0 aromatic heterocycles. The van der Waals surface area contributed by atoms with Crippen LogP contribution in [0.1, 0.15) is 12.5 Å². The van der Waals surface area contributed by atoms with E-state index >= 15 is 0 Å². The van der Waals surface area contributed by atoms with Crippen molar-refractivity contribution in [3.05, 3.63) is 34.6 Å². The molecule has 0 aliphatic carbocycles. The second kappa shape index (κ2) is 5.67. The van der Waals surface area contributed by atoms with Gasteiger partial charge in [-0.15, -0.1) is 0 Å². The molecule has 0 bridgehead atoms. The van der Waals surface area contributed by atoms with Gasteiger partial charge in [-0.2, -0.15) is 0 Å². The van der Waals surface area contributed by atoms with Gasteiger partial charge in [0.2, 0.25) is 0 Å². The Morgan fingerprint density at radius 2 is 2.11 bits per heavy atom. The Labute approximate surface area is 109 Å². The number of sulfone groups is 1. The Kier molecular flexibility index (Phi) is 4.70. The third-order valence-corrected chi connectivity index (χ3v) is 4.44. The molecular formula is C11H12ClFO4S. The Morgan fingerprint density at radius 1 is 1.50 bits per heavy atom. The Morgan fingerprint density at radius 3 is 2.67 bits per heavy atom. The fraction of sp³-hybridized carbons (Fsp3) is 0.364. The molecular weight excluding hydrogens is 283 g/mol. The monoisotopic (exact) mass is 294 g/mol. The van der Waals surface area contributed by atoms with Crippen LogP contribution in [0.2, 0.25) is 5.02 Å². The van der Waals surface area contributed by atoms with Gasteiger partial charge in [0.15, 0.2) is 9.84 Å². The van der Waals surface area contributed by atoms with Crippen LogP contribution in [0.25, 0.3) is 0 Å². The molecule has 0 heterocycles. The molecule has 0 saturated carbocycles. The molecule has 1 rings (SSSR count). The highest BCUT2D eigenvalue weighted by Gasteiger charge is 2.22. The molecule has 0 amide bonds. The van der Waals surface area contributed by atoms with Gasteiger partial charge in [-0.3, -0.25) is 4.79 Å². The third kappa shape index (κ3) is 4.27. The summed E-state index contributed by atoms with van der Waals surface area (Å²) in [7, 11) is -3.65. The molecule has 100 valence electrons. The molecule has 1 unspecified atom stereocenters. The lowest BCUT2D eigenvalue weighted by molar-refractivity contribution is -0.140. The van der Waals surface area contributed by atoms with E-state index in [-0.39, 0.29) is 10.6 Å². The van der Waals surface area contributed by atoms with Crippen molar-refractivity contribution in [2.75, 3.05) is 5.75 Å². The molecule has 1 N–H and O–H groups in total. The minimum Gasteiger partial charge on any atom is -0.481 e. The third-order valence-electron chi connectivity index (χ3n) is 2.31. The van der Waals surface area contributed by atoms with Crippen LogP contribution in [-0.2, 0) is 20.4 Å². The van der Waals surface area contributed by atoms with Crippen LogP contribution in [0.3, 0.4) is 0 Å². The van der Waals surface area contributed by atoms with Gasteiger partial charge in [0, 0.05) is 5.02 Å². The van der Waals surface area contributed by atoms with E-state index < -0.39 is 39.0 Å². The molecule has 7 heteroatoms. The van der Waals surface area contributed by atoms with Gasteiger partial charge in [-0.1, -0.05) is 18.5 Å². The summed E-state index contributed by atoms with van der Waals surface area (Å²) >= 11 is 5.75. The largest absolute Gasteiger partial charge is 0.481 e. The smallest absolute Gasteiger partial charge is 0.307 e. The standard InChI is InChI=1S/C11H12ClFO4S/c1-7(11(14)15)5-18(16,17)6-8-4-9(13)2-3-10(8)12/h2-4,7H,5-6H2,1H3,(H,14,15). The summed E-state index contributed by atoms with van der Waals surface area (Å²) in [6.45, 7) is 1.30. The van der Waals surface area contributed by atoms with E-state index in [0.717, 1.165) is 12.1 Å². The lowest BCUT2D eigenvalue weighted by Gasteiger charge is -2.09. The van der Waals surface area contributed by atoms with Crippen LogP contribution < -0.4 is 0 Å². The fourth-order valence-electron chi connectivity index (χ4n) is 1.40. The first-order valence-corrected chi connectivity index (χ1v) is 7.28. The van der Waals surface area contributed by atoms with Crippen molar-refractivity contribution in [3.63, 3.8) is 0 Å². The Balaban J connectivity index is 2.89. The number of carboxylic acid groups (broad SMARTS) is 1. The Bertz CT molecular complexity index is 556. The van der Waals surface area contributed by atoms with Crippen molar-refractivity contribution in [1.29, 1.82) is 0 Å². The summed E-state index contributed by atoms with van der Waals surface area (Å²) in [5.74, 6) is -3.77. The molecule has 1 atom stereocenters. The lowest BCUT2D eigenvalue weighted by Crippen LogP contribution is -2.22. The van der Waals surface area contributed by atoms with Crippen LogP contribution in [0.15, 0.2) is 18.2 Å². The second-order valence-corrected chi connectivity index (χ2v) is 6.55. The summed E-state index contributed by atoms with van der Waals surface area (Å²) in [5, 5.41) is 8.80. The van der Waals surface area contributed by atoms with E-state index in [1.54, 1.807) is 0 Å². The van der Waals surface area contributed by atoms with Gasteiger partial charge >= 0.3 is 5.97 Å². The van der Waals surface area contributed by atoms with Crippen molar-refractivity contribution >= 4 is 27.4 Å². The highest BCUT2D eigenvalue weighted by atomic mass is 35.5. The second-order valence-electron chi connectivity index (χ2n) is 4.03.